The van der Waals surface area contributed by atoms with Gasteiger partial charge in [-0.2, -0.15) is 26.0 Å². The summed E-state index contributed by atoms with van der Waals surface area (Å²) in [6.07, 6.45) is 0.523. The Morgan fingerprint density at radius 2 is 0.714 bits per heavy atom. The van der Waals surface area contributed by atoms with Crippen LogP contribution in [-0.2, 0) is 33.3 Å². The number of pyridine rings is 2. The largest absolute Gasteiger partial charge is 0.286 e. The topological polar surface area (TPSA) is 117 Å². The minimum absolute atomic E-state index is 0.262. The lowest BCUT2D eigenvalue weighted by atomic mass is 9.90. The first-order valence-corrected chi connectivity index (χ1v) is 16.9. The fourth-order valence-corrected chi connectivity index (χ4v) is 7.05. The maximum absolute atomic E-state index is 11.5. The molecule has 0 aliphatic heterocycles. The summed E-state index contributed by atoms with van der Waals surface area (Å²) < 4.78 is 68.9. The van der Waals surface area contributed by atoms with Crippen LogP contribution in [0.1, 0.15) is 12.8 Å². The van der Waals surface area contributed by atoms with Gasteiger partial charge in [-0.05, 0) is 24.3 Å². The molecule has 0 amide bonds. The number of hydrogen-bond acceptors (Lipinski definition) is 4. The van der Waals surface area contributed by atoms with Gasteiger partial charge in [0.25, 0.3) is 20.2 Å². The minimum Gasteiger partial charge on any atom is -0.286 e. The second kappa shape index (κ2) is 11.0. The zero-order valence-corrected chi connectivity index (χ0v) is 24.4. The van der Waals surface area contributed by atoms with Crippen LogP contribution in [0.25, 0.3) is 54.7 Å². The van der Waals surface area contributed by atoms with E-state index >= 15 is 0 Å². The second-order valence-electron chi connectivity index (χ2n) is 10.4. The van der Waals surface area contributed by atoms with Crippen molar-refractivity contribution in [3.63, 3.8) is 0 Å². The number of aromatic nitrogens is 2. The average Bonchev–Trinajstić information content (AvgIpc) is 2.96. The van der Waals surface area contributed by atoms with Gasteiger partial charge in [0.1, 0.15) is 0 Å². The van der Waals surface area contributed by atoms with Crippen molar-refractivity contribution in [2.45, 2.75) is 25.9 Å². The highest BCUT2D eigenvalue weighted by atomic mass is 32.2. The third-order valence-electron chi connectivity index (χ3n) is 7.67. The summed E-state index contributed by atoms with van der Waals surface area (Å²) in [6.45, 7) is 0.816. The molecule has 0 bridgehead atoms. The van der Waals surface area contributed by atoms with Crippen LogP contribution in [0.4, 0.5) is 0 Å². The third-order valence-corrected chi connectivity index (χ3v) is 9.28. The smallest absolute Gasteiger partial charge is 0.265 e. The van der Waals surface area contributed by atoms with Crippen LogP contribution in [0.5, 0.6) is 0 Å². The molecule has 0 unspecified atom stereocenters. The molecule has 0 atom stereocenters. The SMILES string of the molecule is O=S(=O)(O)CCC[n+]1c2ccccc2c(-c2c3ccccc3[n+](CCCS(=O)(=O)O)c3ccccc23)c2ccccc21. The summed E-state index contributed by atoms with van der Waals surface area (Å²) in [5, 5.41) is 4.01. The molecule has 6 aromatic rings. The van der Waals surface area contributed by atoms with Crippen LogP contribution >= 0.6 is 0 Å². The highest BCUT2D eigenvalue weighted by molar-refractivity contribution is 7.86. The van der Waals surface area contributed by atoms with Gasteiger partial charge in [0.05, 0.1) is 33.1 Å². The van der Waals surface area contributed by atoms with Crippen LogP contribution in [-0.4, -0.2) is 37.4 Å². The van der Waals surface area contributed by atoms with Gasteiger partial charge in [-0.3, -0.25) is 9.11 Å². The number of hydrogen-bond donors (Lipinski definition) is 2. The summed E-state index contributed by atoms with van der Waals surface area (Å²) in [4.78, 5) is 0. The fraction of sp³-hybridized carbons (Fsp3) is 0.188. The van der Waals surface area contributed by atoms with Crippen molar-refractivity contribution in [1.29, 1.82) is 0 Å². The van der Waals surface area contributed by atoms with Crippen LogP contribution in [0.3, 0.4) is 0 Å². The van der Waals surface area contributed by atoms with Crippen LogP contribution < -0.4 is 9.13 Å². The van der Waals surface area contributed by atoms with Crippen LogP contribution in [0.15, 0.2) is 97.1 Å². The lowest BCUT2D eigenvalue weighted by molar-refractivity contribution is -0.645. The zero-order valence-electron chi connectivity index (χ0n) is 22.7. The normalized spacial score (nSPS) is 12.5. The highest BCUT2D eigenvalue weighted by Crippen LogP contribution is 2.41. The van der Waals surface area contributed by atoms with Gasteiger partial charge in [-0.25, -0.2) is 0 Å². The van der Waals surface area contributed by atoms with Gasteiger partial charge in [-0.15, -0.1) is 0 Å². The number of benzene rings is 4. The number of rotatable bonds is 9. The molecular formula is C32H30N2O6S2+2. The van der Waals surface area contributed by atoms with Crippen molar-refractivity contribution in [2.75, 3.05) is 11.5 Å². The van der Waals surface area contributed by atoms with E-state index in [1.165, 1.54) is 0 Å². The highest BCUT2D eigenvalue weighted by Gasteiger charge is 2.27. The fourth-order valence-electron chi connectivity index (χ4n) is 6.06. The molecule has 4 aromatic carbocycles. The number of nitrogens with zero attached hydrogens (tertiary/aromatic N) is 2. The van der Waals surface area contributed by atoms with E-state index in [9.17, 15) is 25.9 Å². The van der Waals surface area contributed by atoms with Crippen LogP contribution in [0, 0.1) is 0 Å². The summed E-state index contributed by atoms with van der Waals surface area (Å²) in [5.41, 5.74) is 5.87. The van der Waals surface area contributed by atoms with E-state index in [-0.39, 0.29) is 24.3 Å². The van der Waals surface area contributed by atoms with E-state index in [0.717, 1.165) is 54.7 Å². The van der Waals surface area contributed by atoms with Crippen molar-refractivity contribution < 1.29 is 35.1 Å². The summed E-state index contributed by atoms with van der Waals surface area (Å²) in [5.74, 6) is -0.647. The monoisotopic (exact) mass is 602 g/mol. The Morgan fingerprint density at radius 1 is 0.452 bits per heavy atom. The molecule has 2 aromatic heterocycles. The first-order chi connectivity index (χ1) is 20.1. The van der Waals surface area contributed by atoms with E-state index in [2.05, 4.69) is 33.4 Å². The Balaban J connectivity index is 1.68. The van der Waals surface area contributed by atoms with Crippen molar-refractivity contribution in [1.82, 2.24) is 0 Å². The Bertz CT molecular complexity index is 1940. The van der Waals surface area contributed by atoms with E-state index < -0.39 is 20.2 Å². The predicted molar refractivity (Wildman–Crippen MR) is 164 cm³/mol. The predicted octanol–water partition coefficient (Wildman–Crippen LogP) is 5.10. The average molecular weight is 603 g/mol. The van der Waals surface area contributed by atoms with Crippen molar-refractivity contribution in [2.24, 2.45) is 0 Å². The van der Waals surface area contributed by atoms with Gasteiger partial charge in [0.15, 0.2) is 13.1 Å². The molecule has 6 rings (SSSR count). The molecule has 0 spiro atoms. The molecule has 0 saturated heterocycles. The molecular weight excluding hydrogens is 572 g/mol. The van der Waals surface area contributed by atoms with Gasteiger partial charge in [-0.1, -0.05) is 48.5 Å². The van der Waals surface area contributed by atoms with E-state index in [1.807, 2.05) is 72.8 Å². The molecule has 42 heavy (non-hydrogen) atoms. The third kappa shape index (κ3) is 5.46. The van der Waals surface area contributed by atoms with E-state index in [4.69, 9.17) is 0 Å². The lowest BCUT2D eigenvalue weighted by Crippen LogP contribution is -2.37. The first-order valence-electron chi connectivity index (χ1n) is 13.7. The van der Waals surface area contributed by atoms with Gasteiger partial charge >= 0.3 is 0 Å². The molecule has 0 aliphatic rings. The zero-order chi connectivity index (χ0) is 29.5. The Hall–Kier alpha value is -3.96. The Morgan fingerprint density at radius 3 is 0.976 bits per heavy atom. The number of aryl methyl sites for hydroxylation is 2. The van der Waals surface area contributed by atoms with E-state index in [1.54, 1.807) is 0 Å². The molecule has 8 nitrogen and oxygen atoms in total. The summed E-state index contributed by atoms with van der Waals surface area (Å²) >= 11 is 0. The maximum Gasteiger partial charge on any atom is 0.265 e. The number of para-hydroxylation sites is 4. The lowest BCUT2D eigenvalue weighted by Gasteiger charge is -2.16. The molecule has 2 heterocycles. The molecule has 214 valence electrons. The van der Waals surface area contributed by atoms with E-state index in [0.29, 0.717) is 13.1 Å². The minimum atomic E-state index is -4.08. The molecule has 0 radical (unpaired) electrons. The van der Waals surface area contributed by atoms with Gasteiger partial charge in [0.2, 0.25) is 22.1 Å². The molecule has 2 N–H and O–H groups in total. The Kier molecular flexibility index (Phi) is 7.40. The number of fused-ring (bicyclic) bond motifs is 4. The molecule has 0 saturated carbocycles. The quantitative estimate of drug-likeness (QED) is 0.135. The van der Waals surface area contributed by atoms with Gasteiger partial charge < -0.3 is 0 Å². The molecule has 0 fully saturated rings. The van der Waals surface area contributed by atoms with Gasteiger partial charge in [0, 0.05) is 48.2 Å². The molecule has 10 heteroatoms. The summed E-state index contributed by atoms with van der Waals surface area (Å²) in [6, 6.07) is 32.2. The Labute approximate surface area is 244 Å². The van der Waals surface area contributed by atoms with Crippen molar-refractivity contribution in [3.8, 4) is 11.1 Å². The van der Waals surface area contributed by atoms with Crippen molar-refractivity contribution in [3.05, 3.63) is 97.1 Å². The van der Waals surface area contributed by atoms with Crippen LogP contribution in [0.2, 0.25) is 0 Å². The molecule has 0 aliphatic carbocycles. The van der Waals surface area contributed by atoms with Crippen molar-refractivity contribution >= 4 is 63.8 Å². The second-order valence-corrected chi connectivity index (χ2v) is 13.5. The summed E-state index contributed by atoms with van der Waals surface area (Å²) in [7, 11) is -8.17. The standard InChI is InChI=1S/C32H28N2O6S2/c35-41(36,37)21-9-19-33-27-15-5-1-11-23(27)31(24-12-2-6-16-28(24)33)32-25-13-3-7-17-29(25)34(20-10-22-42(38,39)40)30-18-8-4-14-26(30)32/h1-8,11-18H,9-10,19-22H2/p+2. The first kappa shape index (κ1) is 28.2. The maximum atomic E-state index is 11.5.